The van der Waals surface area contributed by atoms with Gasteiger partial charge < -0.3 is 5.73 Å². The zero-order chi connectivity index (χ0) is 5.86. The van der Waals surface area contributed by atoms with E-state index in [1.54, 1.807) is 0 Å². The van der Waals surface area contributed by atoms with E-state index in [0.717, 1.165) is 0 Å². The van der Waals surface area contributed by atoms with Crippen molar-refractivity contribution in [3.63, 3.8) is 0 Å². The number of halogens is 3. The second kappa shape index (κ2) is 5.63. The molecule has 0 spiro atoms. The Kier molecular flexibility index (Phi) is 7.97. The molecule has 0 heterocycles. The van der Waals surface area contributed by atoms with Crippen LogP contribution in [0.15, 0.2) is 0 Å². The first-order chi connectivity index (χ1) is 3.18. The molecule has 0 aromatic rings. The van der Waals surface area contributed by atoms with Crippen LogP contribution in [0.2, 0.25) is 0 Å². The van der Waals surface area contributed by atoms with Gasteiger partial charge in [-0.1, -0.05) is 0 Å². The molecule has 5 heteroatoms. The molecule has 0 saturated carbocycles. The topological polar surface area (TPSA) is 43.1 Å². The lowest BCUT2D eigenvalue weighted by molar-refractivity contribution is -0.112. The maximum absolute atomic E-state index is 9.93. The molecule has 0 rings (SSSR count). The average molecular weight is 178 g/mol. The second-order valence-corrected chi connectivity index (χ2v) is 1.75. The zero-order valence-corrected chi connectivity index (χ0v) is 6.26. The maximum Gasteiger partial charge on any atom is 0.239 e. The molecule has 0 aliphatic heterocycles. The van der Waals surface area contributed by atoms with Gasteiger partial charge in [0.2, 0.25) is 5.24 Å². The SMILES string of the molecule is Cl.N[C@@H](CCl)C(=O)Cl. The van der Waals surface area contributed by atoms with E-state index in [1.807, 2.05) is 0 Å². The molecular weight excluding hydrogens is 172 g/mol. The number of alkyl halides is 1. The Hall–Kier alpha value is 0.500. The maximum atomic E-state index is 9.93. The fourth-order valence-corrected chi connectivity index (χ4v) is 0.357. The van der Waals surface area contributed by atoms with E-state index < -0.39 is 11.3 Å². The van der Waals surface area contributed by atoms with Gasteiger partial charge >= 0.3 is 0 Å². The van der Waals surface area contributed by atoms with Crippen LogP contribution in [0.1, 0.15) is 0 Å². The summed E-state index contributed by atoms with van der Waals surface area (Å²) < 4.78 is 0. The Labute approximate surface area is 63.7 Å². The molecule has 0 radical (unpaired) electrons. The minimum absolute atomic E-state index is 0. The lowest BCUT2D eigenvalue weighted by Gasteiger charge is -1.95. The molecule has 0 aromatic heterocycles. The van der Waals surface area contributed by atoms with Crippen LogP contribution in [-0.4, -0.2) is 17.2 Å². The van der Waals surface area contributed by atoms with Gasteiger partial charge in [0.1, 0.15) is 0 Å². The normalized spacial score (nSPS) is 11.9. The zero-order valence-electron chi connectivity index (χ0n) is 3.93. The van der Waals surface area contributed by atoms with E-state index >= 15 is 0 Å². The minimum atomic E-state index is -0.705. The van der Waals surface area contributed by atoms with Gasteiger partial charge in [0.05, 0.1) is 6.04 Å². The van der Waals surface area contributed by atoms with Crippen molar-refractivity contribution in [2.45, 2.75) is 6.04 Å². The Morgan fingerprint density at radius 1 is 1.75 bits per heavy atom. The number of nitrogens with two attached hydrogens (primary N) is 1. The number of carbonyl (C=O) groups is 1. The molecule has 0 aliphatic rings. The molecular formula is C3H6Cl3NO. The molecule has 0 bridgehead atoms. The average Bonchev–Trinajstić information content (AvgIpc) is 1.65. The van der Waals surface area contributed by atoms with Crippen LogP contribution in [0.4, 0.5) is 0 Å². The summed E-state index contributed by atoms with van der Waals surface area (Å²) in [7, 11) is 0. The van der Waals surface area contributed by atoms with E-state index in [-0.39, 0.29) is 18.3 Å². The number of hydrogen-bond donors (Lipinski definition) is 1. The summed E-state index contributed by atoms with van der Waals surface area (Å²) >= 11 is 10.00. The highest BCUT2D eigenvalue weighted by atomic mass is 35.5. The number of hydrogen-bond acceptors (Lipinski definition) is 2. The molecule has 0 amide bonds. The molecule has 2 N–H and O–H groups in total. The van der Waals surface area contributed by atoms with E-state index in [2.05, 4.69) is 0 Å². The fourth-order valence-electron chi connectivity index (χ4n) is 0.0607. The summed E-state index contributed by atoms with van der Waals surface area (Å²) in [6.45, 7) is 0. The van der Waals surface area contributed by atoms with Gasteiger partial charge in [-0.2, -0.15) is 0 Å². The van der Waals surface area contributed by atoms with Crippen molar-refractivity contribution in [2.75, 3.05) is 5.88 Å². The Morgan fingerprint density at radius 2 is 2.12 bits per heavy atom. The smallest absolute Gasteiger partial charge is 0.239 e. The van der Waals surface area contributed by atoms with Crippen molar-refractivity contribution in [3.05, 3.63) is 0 Å². The van der Waals surface area contributed by atoms with Gasteiger partial charge in [-0.05, 0) is 11.6 Å². The first kappa shape index (κ1) is 11.3. The number of rotatable bonds is 2. The standard InChI is InChI=1S/C3H5Cl2NO.ClH/c4-1-2(6)3(5)7;/h2H,1,6H2;1H/t2-;/m0./s1. The van der Waals surface area contributed by atoms with Crippen molar-refractivity contribution in [2.24, 2.45) is 5.73 Å². The van der Waals surface area contributed by atoms with Gasteiger partial charge in [0.15, 0.2) is 0 Å². The summed E-state index contributed by atoms with van der Waals surface area (Å²) in [5.74, 6) is 0.0856. The molecule has 0 aliphatic carbocycles. The first-order valence-corrected chi connectivity index (χ1v) is 2.60. The summed E-state index contributed by atoms with van der Waals surface area (Å²) in [6, 6.07) is -0.705. The summed E-state index contributed by atoms with van der Waals surface area (Å²) in [6.07, 6.45) is 0. The lowest BCUT2D eigenvalue weighted by atomic mass is 10.4. The molecule has 2 nitrogen and oxygen atoms in total. The van der Waals surface area contributed by atoms with Gasteiger partial charge in [0, 0.05) is 5.88 Å². The monoisotopic (exact) mass is 177 g/mol. The van der Waals surface area contributed by atoms with Crippen molar-refractivity contribution < 1.29 is 4.79 Å². The van der Waals surface area contributed by atoms with Crippen molar-refractivity contribution in [1.82, 2.24) is 0 Å². The molecule has 0 aromatic carbocycles. The molecule has 0 unspecified atom stereocenters. The Morgan fingerprint density at radius 3 is 2.12 bits per heavy atom. The first-order valence-electron chi connectivity index (χ1n) is 1.69. The van der Waals surface area contributed by atoms with E-state index in [0.29, 0.717) is 0 Å². The van der Waals surface area contributed by atoms with Crippen LogP contribution >= 0.6 is 35.6 Å². The third-order valence-electron chi connectivity index (χ3n) is 0.458. The van der Waals surface area contributed by atoms with Crippen molar-refractivity contribution in [3.8, 4) is 0 Å². The quantitative estimate of drug-likeness (QED) is 0.501. The van der Waals surface area contributed by atoms with Gasteiger partial charge in [-0.25, -0.2) is 0 Å². The van der Waals surface area contributed by atoms with Crippen LogP contribution < -0.4 is 5.73 Å². The lowest BCUT2D eigenvalue weighted by Crippen LogP contribution is -2.28. The van der Waals surface area contributed by atoms with Crippen LogP contribution in [0.3, 0.4) is 0 Å². The van der Waals surface area contributed by atoms with Crippen molar-refractivity contribution >= 4 is 40.9 Å². The summed E-state index contributed by atoms with van der Waals surface area (Å²) in [5.41, 5.74) is 5.00. The molecule has 8 heavy (non-hydrogen) atoms. The van der Waals surface area contributed by atoms with E-state index in [4.69, 9.17) is 28.9 Å². The highest BCUT2D eigenvalue weighted by molar-refractivity contribution is 6.65. The molecule has 0 saturated heterocycles. The Balaban J connectivity index is 0. The highest BCUT2D eigenvalue weighted by Gasteiger charge is 2.06. The van der Waals surface area contributed by atoms with Crippen LogP contribution in [0.25, 0.3) is 0 Å². The molecule has 1 atom stereocenters. The van der Waals surface area contributed by atoms with Gasteiger partial charge in [-0.3, -0.25) is 4.79 Å². The largest absolute Gasteiger partial charge is 0.319 e. The Bertz CT molecular complexity index is 76.9. The molecule has 0 fully saturated rings. The summed E-state index contributed by atoms with van der Waals surface area (Å²) in [4.78, 5) is 9.93. The van der Waals surface area contributed by atoms with Crippen LogP contribution in [-0.2, 0) is 4.79 Å². The van der Waals surface area contributed by atoms with E-state index in [1.165, 1.54) is 0 Å². The second-order valence-electron chi connectivity index (χ2n) is 1.06. The van der Waals surface area contributed by atoms with Crippen LogP contribution in [0, 0.1) is 0 Å². The fraction of sp³-hybridized carbons (Fsp3) is 0.667. The minimum Gasteiger partial charge on any atom is -0.319 e. The third kappa shape index (κ3) is 4.65. The van der Waals surface area contributed by atoms with Gasteiger partial charge in [-0.15, -0.1) is 24.0 Å². The number of carbonyl (C=O) groups excluding carboxylic acids is 1. The van der Waals surface area contributed by atoms with Gasteiger partial charge in [0.25, 0.3) is 0 Å². The van der Waals surface area contributed by atoms with Crippen molar-refractivity contribution in [1.29, 1.82) is 0 Å². The summed E-state index contributed by atoms with van der Waals surface area (Å²) in [5, 5.41) is -0.588. The predicted octanol–water partition coefficient (Wildman–Crippen LogP) is 0.740. The highest BCUT2D eigenvalue weighted by Crippen LogP contribution is 1.88. The van der Waals surface area contributed by atoms with Crippen LogP contribution in [0.5, 0.6) is 0 Å². The molecule has 50 valence electrons. The predicted molar refractivity (Wildman–Crippen MR) is 36.8 cm³/mol. The third-order valence-corrected chi connectivity index (χ3v) is 1.07. The van der Waals surface area contributed by atoms with E-state index in [9.17, 15) is 4.79 Å².